The first-order chi connectivity index (χ1) is 10.0. The Morgan fingerprint density at radius 1 is 1.05 bits per heavy atom. The zero-order chi connectivity index (χ0) is 15.4. The third-order valence-electron chi connectivity index (χ3n) is 3.63. The molecule has 0 aliphatic rings. The molecule has 0 bridgehead atoms. The monoisotopic (exact) mass is 289 g/mol. The van der Waals surface area contributed by atoms with Crippen LogP contribution >= 0.6 is 0 Å². The van der Waals surface area contributed by atoms with Crippen LogP contribution in [0.1, 0.15) is 35.2 Å². The normalized spacial score (nSPS) is 12.4. The maximum atomic E-state index is 14.2. The fourth-order valence-corrected chi connectivity index (χ4v) is 2.54. The molecule has 0 aliphatic heterocycles. The van der Waals surface area contributed by atoms with Gasteiger partial charge < -0.3 is 5.32 Å². The van der Waals surface area contributed by atoms with Crippen LogP contribution in [0.4, 0.5) is 8.78 Å². The van der Waals surface area contributed by atoms with Gasteiger partial charge in [0.1, 0.15) is 11.6 Å². The average molecular weight is 289 g/mol. The Morgan fingerprint density at radius 2 is 1.81 bits per heavy atom. The highest BCUT2D eigenvalue weighted by Gasteiger charge is 2.17. The van der Waals surface area contributed by atoms with Gasteiger partial charge in [-0.3, -0.25) is 0 Å². The Kier molecular flexibility index (Phi) is 5.07. The molecule has 1 atom stereocenters. The maximum Gasteiger partial charge on any atom is 0.128 e. The molecule has 3 heteroatoms. The van der Waals surface area contributed by atoms with Crippen LogP contribution in [0.15, 0.2) is 36.4 Å². The molecule has 0 heterocycles. The van der Waals surface area contributed by atoms with Crippen LogP contribution in [0.5, 0.6) is 0 Å². The highest BCUT2D eigenvalue weighted by Crippen LogP contribution is 2.24. The summed E-state index contributed by atoms with van der Waals surface area (Å²) in [4.78, 5) is 0. The molecular weight excluding hydrogens is 268 g/mol. The maximum absolute atomic E-state index is 14.2. The lowest BCUT2D eigenvalue weighted by atomic mass is 9.96. The van der Waals surface area contributed by atoms with Gasteiger partial charge in [0.15, 0.2) is 0 Å². The summed E-state index contributed by atoms with van der Waals surface area (Å²) in [6.45, 7) is 6.26. The molecule has 1 N–H and O–H groups in total. The van der Waals surface area contributed by atoms with Gasteiger partial charge in [0.05, 0.1) is 0 Å². The van der Waals surface area contributed by atoms with Gasteiger partial charge in [0, 0.05) is 11.6 Å². The van der Waals surface area contributed by atoms with Crippen molar-refractivity contribution < 1.29 is 8.78 Å². The predicted molar refractivity (Wildman–Crippen MR) is 82.4 cm³/mol. The second-order valence-electron chi connectivity index (χ2n) is 5.43. The van der Waals surface area contributed by atoms with Gasteiger partial charge in [-0.25, -0.2) is 8.78 Å². The number of rotatable bonds is 5. The van der Waals surface area contributed by atoms with Gasteiger partial charge in [0.25, 0.3) is 0 Å². The number of hydrogen-bond acceptors (Lipinski definition) is 1. The Bertz CT molecular complexity index is 623. The third kappa shape index (κ3) is 3.88. The van der Waals surface area contributed by atoms with E-state index in [0.29, 0.717) is 24.1 Å². The van der Waals surface area contributed by atoms with E-state index in [0.717, 1.165) is 5.56 Å². The first-order valence-electron chi connectivity index (χ1n) is 7.25. The molecule has 2 rings (SSSR count). The Labute approximate surface area is 125 Å². The van der Waals surface area contributed by atoms with Gasteiger partial charge in [0.2, 0.25) is 0 Å². The highest BCUT2D eigenvalue weighted by atomic mass is 19.1. The summed E-state index contributed by atoms with van der Waals surface area (Å²) in [7, 11) is 0. The standard InChI is InChI=1S/C18H21F2N/c1-4-21-18(10-14-7-5-6-12(2)8-14)15-11-16(19)13(3)9-17(15)20/h5-9,11,18,21H,4,10H2,1-3H3. The lowest BCUT2D eigenvalue weighted by Gasteiger charge is -2.20. The van der Waals surface area contributed by atoms with Crippen molar-refractivity contribution in [1.82, 2.24) is 5.32 Å². The zero-order valence-corrected chi connectivity index (χ0v) is 12.7. The molecule has 0 saturated carbocycles. The van der Waals surface area contributed by atoms with Crippen LogP contribution in [0, 0.1) is 25.5 Å². The van der Waals surface area contributed by atoms with E-state index in [4.69, 9.17) is 0 Å². The van der Waals surface area contributed by atoms with Crippen molar-refractivity contribution in [3.63, 3.8) is 0 Å². The van der Waals surface area contributed by atoms with Gasteiger partial charge in [-0.15, -0.1) is 0 Å². The molecule has 112 valence electrons. The molecule has 0 fully saturated rings. The molecular formula is C18H21F2N. The third-order valence-corrected chi connectivity index (χ3v) is 3.63. The van der Waals surface area contributed by atoms with E-state index in [1.165, 1.54) is 17.7 Å². The number of aryl methyl sites for hydroxylation is 2. The number of likely N-dealkylation sites (N-methyl/N-ethyl adjacent to an activating group) is 1. The van der Waals surface area contributed by atoms with Crippen molar-refractivity contribution in [1.29, 1.82) is 0 Å². The summed E-state index contributed by atoms with van der Waals surface area (Å²) in [6.07, 6.45) is 0.634. The number of hydrogen-bond donors (Lipinski definition) is 1. The SMILES string of the molecule is CCNC(Cc1cccc(C)c1)c1cc(F)c(C)cc1F. The largest absolute Gasteiger partial charge is 0.310 e. The fraction of sp³-hybridized carbons (Fsp3) is 0.333. The minimum Gasteiger partial charge on any atom is -0.310 e. The van der Waals surface area contributed by atoms with Crippen molar-refractivity contribution >= 4 is 0 Å². The van der Waals surface area contributed by atoms with E-state index >= 15 is 0 Å². The van der Waals surface area contributed by atoms with Gasteiger partial charge in [-0.1, -0.05) is 36.8 Å². The van der Waals surface area contributed by atoms with Crippen molar-refractivity contribution in [2.24, 2.45) is 0 Å². The second-order valence-corrected chi connectivity index (χ2v) is 5.43. The molecule has 21 heavy (non-hydrogen) atoms. The second kappa shape index (κ2) is 6.81. The molecule has 0 radical (unpaired) electrons. The molecule has 2 aromatic rings. The smallest absolute Gasteiger partial charge is 0.128 e. The molecule has 0 saturated heterocycles. The van der Waals surface area contributed by atoms with Gasteiger partial charge >= 0.3 is 0 Å². The van der Waals surface area contributed by atoms with Gasteiger partial charge in [-0.05, 0) is 50.1 Å². The van der Waals surface area contributed by atoms with E-state index in [1.54, 1.807) is 6.92 Å². The Hall–Kier alpha value is -1.74. The van der Waals surface area contributed by atoms with E-state index < -0.39 is 0 Å². The number of halogens is 2. The van der Waals surface area contributed by atoms with E-state index in [2.05, 4.69) is 11.4 Å². The lowest BCUT2D eigenvalue weighted by Crippen LogP contribution is -2.24. The molecule has 1 nitrogen and oxygen atoms in total. The average Bonchev–Trinajstić information content (AvgIpc) is 2.42. The van der Waals surface area contributed by atoms with Crippen LogP contribution in [0.25, 0.3) is 0 Å². The lowest BCUT2D eigenvalue weighted by molar-refractivity contribution is 0.500. The molecule has 0 aromatic heterocycles. The van der Waals surface area contributed by atoms with Crippen LogP contribution in [0.2, 0.25) is 0 Å². The first kappa shape index (κ1) is 15.6. The van der Waals surface area contributed by atoms with E-state index in [9.17, 15) is 8.78 Å². The summed E-state index contributed by atoms with van der Waals surface area (Å²) < 4.78 is 27.9. The number of benzene rings is 2. The molecule has 2 aromatic carbocycles. The first-order valence-corrected chi connectivity index (χ1v) is 7.25. The zero-order valence-electron chi connectivity index (χ0n) is 12.7. The van der Waals surface area contributed by atoms with Crippen molar-refractivity contribution in [3.8, 4) is 0 Å². The van der Waals surface area contributed by atoms with Crippen molar-refractivity contribution in [2.45, 2.75) is 33.2 Å². The molecule has 1 unspecified atom stereocenters. The molecule has 0 amide bonds. The summed E-state index contributed by atoms with van der Waals surface area (Å²) in [5.41, 5.74) is 3.00. The minimum absolute atomic E-state index is 0.230. The Balaban J connectivity index is 2.33. The predicted octanol–water partition coefficient (Wildman–Crippen LogP) is 4.47. The quantitative estimate of drug-likeness (QED) is 0.856. The van der Waals surface area contributed by atoms with E-state index in [1.807, 2.05) is 32.0 Å². The number of nitrogens with one attached hydrogen (secondary N) is 1. The molecule has 0 aliphatic carbocycles. The topological polar surface area (TPSA) is 12.0 Å². The van der Waals surface area contributed by atoms with Crippen molar-refractivity contribution in [3.05, 3.63) is 70.3 Å². The summed E-state index contributed by atoms with van der Waals surface area (Å²) >= 11 is 0. The Morgan fingerprint density at radius 3 is 2.48 bits per heavy atom. The van der Waals surface area contributed by atoms with E-state index in [-0.39, 0.29) is 17.7 Å². The van der Waals surface area contributed by atoms with Crippen LogP contribution in [0.3, 0.4) is 0 Å². The highest BCUT2D eigenvalue weighted by molar-refractivity contribution is 5.30. The summed E-state index contributed by atoms with van der Waals surface area (Å²) in [6, 6.07) is 10.5. The summed E-state index contributed by atoms with van der Waals surface area (Å²) in [5.74, 6) is -0.717. The molecule has 0 spiro atoms. The summed E-state index contributed by atoms with van der Waals surface area (Å²) in [5, 5.41) is 3.25. The van der Waals surface area contributed by atoms with Crippen molar-refractivity contribution in [2.75, 3.05) is 6.54 Å². The van der Waals surface area contributed by atoms with Gasteiger partial charge in [-0.2, -0.15) is 0 Å². The minimum atomic E-state index is -0.362. The fourth-order valence-electron chi connectivity index (χ4n) is 2.54. The van der Waals surface area contributed by atoms with Crippen LogP contribution in [-0.4, -0.2) is 6.54 Å². The van der Waals surface area contributed by atoms with Crippen LogP contribution in [-0.2, 0) is 6.42 Å². The van der Waals surface area contributed by atoms with Crippen LogP contribution < -0.4 is 5.32 Å².